The van der Waals surface area contributed by atoms with E-state index in [1.165, 1.54) is 19.2 Å². The van der Waals surface area contributed by atoms with Crippen LogP contribution in [0.25, 0.3) is 22.4 Å². The first-order valence-electron chi connectivity index (χ1n) is 8.92. The van der Waals surface area contributed by atoms with Crippen molar-refractivity contribution in [2.24, 2.45) is 0 Å². The maximum atomic E-state index is 14.0. The number of nitrogens with zero attached hydrogens (tertiary/aromatic N) is 1. The zero-order valence-electron chi connectivity index (χ0n) is 15.2. The fourth-order valence-corrected chi connectivity index (χ4v) is 3.95. The Kier molecular flexibility index (Phi) is 4.44. The molecule has 1 aromatic heterocycles. The zero-order valence-corrected chi connectivity index (χ0v) is 15.2. The summed E-state index contributed by atoms with van der Waals surface area (Å²) in [6.07, 6.45) is -7.63. The van der Waals surface area contributed by atoms with Crippen molar-refractivity contribution in [2.45, 2.75) is 32.1 Å². The van der Waals surface area contributed by atoms with Crippen molar-refractivity contribution in [1.82, 2.24) is 4.98 Å². The Morgan fingerprint density at radius 2 is 1.34 bits per heavy atom. The van der Waals surface area contributed by atoms with E-state index < -0.39 is 23.5 Å². The van der Waals surface area contributed by atoms with Gasteiger partial charge in [-0.05, 0) is 72.4 Å². The summed E-state index contributed by atoms with van der Waals surface area (Å²) >= 11 is 0. The second-order valence-corrected chi connectivity index (χ2v) is 7.12. The van der Waals surface area contributed by atoms with E-state index in [1.54, 1.807) is 24.3 Å². The van der Waals surface area contributed by atoms with E-state index in [2.05, 4.69) is 4.98 Å². The van der Waals surface area contributed by atoms with Crippen LogP contribution in [-0.2, 0) is 25.2 Å². The molecule has 1 aliphatic carbocycles. The molecule has 150 valence electrons. The molecule has 1 heterocycles. The molecule has 2 aromatic carbocycles. The molecule has 0 saturated carbocycles. The van der Waals surface area contributed by atoms with Crippen LogP contribution in [0.4, 0.5) is 26.3 Å². The van der Waals surface area contributed by atoms with Gasteiger partial charge in [-0.25, -0.2) is 0 Å². The number of alkyl halides is 6. The molecule has 1 nitrogen and oxygen atoms in total. The number of pyridine rings is 1. The molecular weight excluding hydrogens is 392 g/mol. The molecular formula is C22H15F6N. The molecule has 0 aliphatic heterocycles. The van der Waals surface area contributed by atoms with Crippen molar-refractivity contribution in [2.75, 3.05) is 0 Å². The summed E-state index contributed by atoms with van der Waals surface area (Å²) in [5, 5.41) is 0. The van der Waals surface area contributed by atoms with Gasteiger partial charge in [-0.15, -0.1) is 0 Å². The van der Waals surface area contributed by atoms with E-state index >= 15 is 0 Å². The van der Waals surface area contributed by atoms with E-state index in [-0.39, 0.29) is 35.1 Å². The quantitative estimate of drug-likeness (QED) is 0.402. The molecule has 0 fully saturated rings. The molecule has 0 bridgehead atoms. The average molecular weight is 407 g/mol. The number of halogens is 6. The molecule has 0 amide bonds. The third-order valence-electron chi connectivity index (χ3n) is 5.07. The van der Waals surface area contributed by atoms with E-state index in [9.17, 15) is 26.3 Å². The largest absolute Gasteiger partial charge is 0.417 e. The Hall–Kier alpha value is -2.83. The van der Waals surface area contributed by atoms with Gasteiger partial charge in [0.1, 0.15) is 0 Å². The average Bonchev–Trinajstić information content (AvgIpc) is 2.65. The van der Waals surface area contributed by atoms with Gasteiger partial charge in [0, 0.05) is 11.8 Å². The second-order valence-electron chi connectivity index (χ2n) is 7.12. The minimum atomic E-state index is -4.81. The normalized spacial score (nSPS) is 13.8. The van der Waals surface area contributed by atoms with Gasteiger partial charge in [-0.1, -0.05) is 17.7 Å². The zero-order chi connectivity index (χ0) is 21.0. The summed E-state index contributed by atoms with van der Waals surface area (Å²) in [5.74, 6) is 0. The van der Waals surface area contributed by atoms with E-state index in [0.717, 1.165) is 12.1 Å². The predicted molar refractivity (Wildman–Crippen MR) is 97.3 cm³/mol. The van der Waals surface area contributed by atoms with Crippen molar-refractivity contribution < 1.29 is 26.3 Å². The summed E-state index contributed by atoms with van der Waals surface area (Å²) < 4.78 is 83.1. The highest BCUT2D eigenvalue weighted by Gasteiger charge is 2.41. The highest BCUT2D eigenvalue weighted by Crippen LogP contribution is 2.49. The summed E-state index contributed by atoms with van der Waals surface area (Å²) in [4.78, 5) is 4.09. The summed E-state index contributed by atoms with van der Waals surface area (Å²) in [6, 6.07) is 9.74. The van der Waals surface area contributed by atoms with E-state index in [1.807, 2.05) is 0 Å². The Morgan fingerprint density at radius 3 is 1.90 bits per heavy atom. The topological polar surface area (TPSA) is 12.9 Å². The smallest absolute Gasteiger partial charge is 0.256 e. The lowest BCUT2D eigenvalue weighted by Crippen LogP contribution is -2.18. The van der Waals surface area contributed by atoms with Crippen LogP contribution >= 0.6 is 0 Å². The van der Waals surface area contributed by atoms with Crippen LogP contribution in [0.3, 0.4) is 0 Å². The maximum absolute atomic E-state index is 14.0. The van der Waals surface area contributed by atoms with Gasteiger partial charge in [0.2, 0.25) is 0 Å². The molecule has 0 unspecified atom stereocenters. The van der Waals surface area contributed by atoms with Crippen molar-refractivity contribution in [3.05, 3.63) is 76.5 Å². The third-order valence-corrected chi connectivity index (χ3v) is 5.07. The number of hydrogen-bond donors (Lipinski definition) is 0. The van der Waals surface area contributed by atoms with E-state index in [0.29, 0.717) is 16.8 Å². The van der Waals surface area contributed by atoms with Crippen molar-refractivity contribution in [1.29, 1.82) is 0 Å². The number of aromatic nitrogens is 1. The predicted octanol–water partition coefficient (Wildman–Crippen LogP) is 6.86. The summed E-state index contributed by atoms with van der Waals surface area (Å²) in [6.45, 7) is 1.51. The first kappa shape index (κ1) is 19.5. The molecule has 0 atom stereocenters. The van der Waals surface area contributed by atoms with Crippen LogP contribution in [-0.4, -0.2) is 4.98 Å². The van der Waals surface area contributed by atoms with Crippen LogP contribution in [0.15, 0.2) is 48.7 Å². The SMILES string of the molecule is Cc1cc2c(c(C(F)(F)F)c1)-c1c(cc(-c3ccccn3)cc1C(F)(F)F)CC2. The van der Waals surface area contributed by atoms with Crippen LogP contribution < -0.4 is 0 Å². The highest BCUT2D eigenvalue weighted by atomic mass is 19.4. The third kappa shape index (κ3) is 3.50. The molecule has 0 radical (unpaired) electrons. The van der Waals surface area contributed by atoms with Crippen molar-refractivity contribution >= 4 is 0 Å². The Morgan fingerprint density at radius 1 is 0.759 bits per heavy atom. The van der Waals surface area contributed by atoms with Crippen molar-refractivity contribution in [3.63, 3.8) is 0 Å². The molecule has 29 heavy (non-hydrogen) atoms. The molecule has 1 aliphatic rings. The van der Waals surface area contributed by atoms with E-state index in [4.69, 9.17) is 0 Å². The minimum Gasteiger partial charge on any atom is -0.256 e. The summed E-state index contributed by atoms with van der Waals surface area (Å²) in [7, 11) is 0. The van der Waals surface area contributed by atoms with Crippen LogP contribution in [0.1, 0.15) is 27.8 Å². The van der Waals surface area contributed by atoms with Gasteiger partial charge in [0.15, 0.2) is 0 Å². The standard InChI is InChI=1S/C22H15F6N/c1-12-8-13-5-6-14-10-15(18-4-2-3-7-29-18)11-17(22(26,27)28)20(14)19(13)16(9-12)21(23,24)25/h2-4,7-11H,5-6H2,1H3. The first-order chi connectivity index (χ1) is 13.6. The summed E-state index contributed by atoms with van der Waals surface area (Å²) in [5.41, 5.74) is -1.32. The van der Waals surface area contributed by atoms with Crippen LogP contribution in [0.5, 0.6) is 0 Å². The Bertz CT molecular complexity index is 1080. The van der Waals surface area contributed by atoms with Gasteiger partial charge in [0.05, 0.1) is 16.8 Å². The first-order valence-corrected chi connectivity index (χ1v) is 8.92. The lowest BCUT2D eigenvalue weighted by Gasteiger charge is -2.28. The van der Waals surface area contributed by atoms with Gasteiger partial charge in [-0.2, -0.15) is 26.3 Å². The van der Waals surface area contributed by atoms with Gasteiger partial charge >= 0.3 is 12.4 Å². The van der Waals surface area contributed by atoms with Gasteiger partial charge < -0.3 is 0 Å². The number of rotatable bonds is 1. The molecule has 0 N–H and O–H groups in total. The van der Waals surface area contributed by atoms with Crippen molar-refractivity contribution in [3.8, 4) is 22.4 Å². The Balaban J connectivity index is 2.07. The second kappa shape index (κ2) is 6.61. The van der Waals surface area contributed by atoms with Gasteiger partial charge in [-0.3, -0.25) is 4.98 Å². The minimum absolute atomic E-state index is 0.229. The van der Waals surface area contributed by atoms with Crippen LogP contribution in [0, 0.1) is 6.92 Å². The monoisotopic (exact) mass is 407 g/mol. The Labute approximate surface area is 163 Å². The maximum Gasteiger partial charge on any atom is 0.417 e. The lowest BCUT2D eigenvalue weighted by atomic mass is 9.78. The number of aryl methyl sites for hydroxylation is 3. The molecule has 0 saturated heterocycles. The number of fused-ring (bicyclic) bond motifs is 3. The number of hydrogen-bond acceptors (Lipinski definition) is 1. The molecule has 0 spiro atoms. The molecule has 3 aromatic rings. The number of benzene rings is 2. The molecule has 4 rings (SSSR count). The highest BCUT2D eigenvalue weighted by molar-refractivity contribution is 5.83. The molecule has 7 heteroatoms. The van der Waals surface area contributed by atoms with Crippen LogP contribution in [0.2, 0.25) is 0 Å². The fourth-order valence-electron chi connectivity index (χ4n) is 3.95. The fraction of sp³-hybridized carbons (Fsp3) is 0.227. The van der Waals surface area contributed by atoms with Gasteiger partial charge in [0.25, 0.3) is 0 Å². The lowest BCUT2D eigenvalue weighted by molar-refractivity contribution is -0.139.